The van der Waals surface area contributed by atoms with Gasteiger partial charge in [-0.2, -0.15) is 0 Å². The zero-order valence-electron chi connectivity index (χ0n) is 7.57. The first-order valence-electron chi connectivity index (χ1n) is 3.81. The third-order valence-electron chi connectivity index (χ3n) is 1.42. The lowest BCUT2D eigenvalue weighted by Gasteiger charge is -2.10. The highest BCUT2D eigenvalue weighted by Crippen LogP contribution is 2.29. The van der Waals surface area contributed by atoms with E-state index in [0.717, 1.165) is 0 Å². The molecule has 75 valence electrons. The first kappa shape index (κ1) is 11.2. The molecular formula is C8H9BClO4. The topological polar surface area (TPSA) is 47.9 Å². The number of hydrogen-bond donors (Lipinski definition) is 1. The Labute approximate surface area is 87.7 Å². The fourth-order valence-corrected chi connectivity index (χ4v) is 1.03. The van der Waals surface area contributed by atoms with Gasteiger partial charge < -0.3 is 19.2 Å². The van der Waals surface area contributed by atoms with Crippen molar-refractivity contribution in [3.8, 4) is 11.5 Å². The Morgan fingerprint density at radius 1 is 1.43 bits per heavy atom. The normalized spacial score (nSPS) is 9.64. The van der Waals surface area contributed by atoms with Gasteiger partial charge in [0.15, 0.2) is 12.5 Å². The molecule has 0 fully saturated rings. The largest absolute Gasteiger partial charge is 0.569 e. The van der Waals surface area contributed by atoms with Crippen LogP contribution in [0.5, 0.6) is 11.5 Å². The van der Waals surface area contributed by atoms with E-state index in [4.69, 9.17) is 30.8 Å². The van der Waals surface area contributed by atoms with Gasteiger partial charge in [0.25, 0.3) is 0 Å². The van der Waals surface area contributed by atoms with Gasteiger partial charge in [0.1, 0.15) is 5.75 Å². The van der Waals surface area contributed by atoms with Crippen molar-refractivity contribution in [2.75, 3.05) is 13.9 Å². The second-order valence-corrected chi connectivity index (χ2v) is 2.80. The van der Waals surface area contributed by atoms with Crippen LogP contribution in [0.2, 0.25) is 5.02 Å². The van der Waals surface area contributed by atoms with Crippen LogP contribution in [0.1, 0.15) is 0 Å². The molecule has 1 radical (unpaired) electrons. The quantitative estimate of drug-likeness (QED) is 0.593. The van der Waals surface area contributed by atoms with E-state index in [1.807, 2.05) is 0 Å². The summed E-state index contributed by atoms with van der Waals surface area (Å²) >= 11 is 5.75. The highest BCUT2D eigenvalue weighted by atomic mass is 35.5. The summed E-state index contributed by atoms with van der Waals surface area (Å²) in [6, 6.07) is 4.78. The van der Waals surface area contributed by atoms with Crippen molar-refractivity contribution in [2.24, 2.45) is 0 Å². The van der Waals surface area contributed by atoms with Crippen LogP contribution in [0.25, 0.3) is 0 Å². The van der Waals surface area contributed by atoms with Crippen LogP contribution in [0.3, 0.4) is 0 Å². The summed E-state index contributed by atoms with van der Waals surface area (Å²) in [5.74, 6) is 0.776. The molecule has 0 aromatic heterocycles. The number of ether oxygens (including phenoxy) is 2. The van der Waals surface area contributed by atoms with Crippen molar-refractivity contribution >= 4 is 19.3 Å². The smallest absolute Gasteiger partial charge is 0.535 e. The molecule has 0 unspecified atom stereocenters. The standard InChI is InChI=1S/C8H9BClO4/c1-12-5-13-8-4-6(10)2-3-7(8)14-9-11/h2-4,11H,5H2,1H3. The molecule has 1 N–H and O–H groups in total. The molecule has 6 heteroatoms. The third-order valence-corrected chi connectivity index (χ3v) is 1.65. The number of hydrogen-bond acceptors (Lipinski definition) is 4. The van der Waals surface area contributed by atoms with E-state index in [0.29, 0.717) is 24.2 Å². The lowest BCUT2D eigenvalue weighted by Crippen LogP contribution is -2.04. The van der Waals surface area contributed by atoms with Crippen LogP contribution >= 0.6 is 11.6 Å². The highest BCUT2D eigenvalue weighted by Gasteiger charge is 2.06. The minimum Gasteiger partial charge on any atom is -0.535 e. The molecule has 0 saturated carbocycles. The van der Waals surface area contributed by atoms with Gasteiger partial charge in [0, 0.05) is 18.2 Å². The molecule has 0 heterocycles. The lowest BCUT2D eigenvalue weighted by atomic mass is 10.3. The molecule has 0 saturated heterocycles. The Hall–Kier alpha value is -0.905. The fraction of sp³-hybridized carbons (Fsp3) is 0.250. The van der Waals surface area contributed by atoms with Gasteiger partial charge in [-0.1, -0.05) is 11.6 Å². The lowest BCUT2D eigenvalue weighted by molar-refractivity contribution is 0.0498. The number of rotatable bonds is 5. The molecule has 0 aliphatic carbocycles. The summed E-state index contributed by atoms with van der Waals surface area (Å²) in [6.45, 7) is 0.0854. The molecule has 0 spiro atoms. The van der Waals surface area contributed by atoms with Crippen molar-refractivity contribution in [3.63, 3.8) is 0 Å². The second kappa shape index (κ2) is 5.75. The van der Waals surface area contributed by atoms with Crippen molar-refractivity contribution < 1.29 is 19.2 Å². The monoisotopic (exact) mass is 215 g/mol. The van der Waals surface area contributed by atoms with Gasteiger partial charge in [-0.15, -0.1) is 0 Å². The zero-order valence-corrected chi connectivity index (χ0v) is 8.32. The third kappa shape index (κ3) is 3.10. The molecular weight excluding hydrogens is 206 g/mol. The van der Waals surface area contributed by atoms with Crippen LogP contribution in [0, 0.1) is 0 Å². The van der Waals surface area contributed by atoms with Crippen LogP contribution in [-0.2, 0) is 4.74 Å². The van der Waals surface area contributed by atoms with E-state index >= 15 is 0 Å². The van der Waals surface area contributed by atoms with Crippen LogP contribution in [0.4, 0.5) is 0 Å². The predicted molar refractivity (Wildman–Crippen MR) is 52.6 cm³/mol. The molecule has 0 bridgehead atoms. The average Bonchev–Trinajstić information content (AvgIpc) is 2.18. The molecule has 0 atom stereocenters. The van der Waals surface area contributed by atoms with Gasteiger partial charge in [-0.3, -0.25) is 0 Å². The average molecular weight is 215 g/mol. The summed E-state index contributed by atoms with van der Waals surface area (Å²) in [7, 11) is 2.08. The van der Waals surface area contributed by atoms with Gasteiger partial charge in [-0.25, -0.2) is 0 Å². The summed E-state index contributed by atoms with van der Waals surface area (Å²) < 4.78 is 14.7. The second-order valence-electron chi connectivity index (χ2n) is 2.37. The Morgan fingerprint density at radius 3 is 2.86 bits per heavy atom. The van der Waals surface area contributed by atoms with E-state index in [-0.39, 0.29) is 6.79 Å². The minimum absolute atomic E-state index is 0.0854. The summed E-state index contributed by atoms with van der Waals surface area (Å²) in [6.07, 6.45) is 0. The molecule has 1 rings (SSSR count). The SMILES string of the molecule is COCOc1cc(Cl)ccc1O[B]O. The van der Waals surface area contributed by atoms with Crippen molar-refractivity contribution in [3.05, 3.63) is 23.2 Å². The number of methoxy groups -OCH3 is 1. The van der Waals surface area contributed by atoms with E-state index in [1.54, 1.807) is 18.2 Å². The van der Waals surface area contributed by atoms with Gasteiger partial charge in [-0.05, 0) is 12.1 Å². The minimum atomic E-state index is 0.0854. The van der Waals surface area contributed by atoms with E-state index < -0.39 is 0 Å². The maximum absolute atomic E-state index is 8.47. The van der Waals surface area contributed by atoms with E-state index in [9.17, 15) is 0 Å². The van der Waals surface area contributed by atoms with Crippen molar-refractivity contribution in [2.45, 2.75) is 0 Å². The summed E-state index contributed by atoms with van der Waals surface area (Å²) in [4.78, 5) is 0. The van der Waals surface area contributed by atoms with E-state index in [2.05, 4.69) is 0 Å². The number of benzene rings is 1. The molecule has 0 aliphatic rings. The predicted octanol–water partition coefficient (Wildman–Crippen LogP) is 1.23. The molecule has 4 nitrogen and oxygen atoms in total. The Kier molecular flexibility index (Phi) is 4.59. The maximum Gasteiger partial charge on any atom is 0.569 e. The fourth-order valence-electron chi connectivity index (χ4n) is 0.871. The molecule has 0 amide bonds. The van der Waals surface area contributed by atoms with Crippen LogP contribution in [0.15, 0.2) is 18.2 Å². The van der Waals surface area contributed by atoms with Crippen molar-refractivity contribution in [1.29, 1.82) is 0 Å². The van der Waals surface area contributed by atoms with Gasteiger partial charge in [0.05, 0.1) is 0 Å². The highest BCUT2D eigenvalue weighted by molar-refractivity contribution is 6.30. The molecule has 1 aromatic rings. The molecule has 0 aliphatic heterocycles. The molecule has 14 heavy (non-hydrogen) atoms. The van der Waals surface area contributed by atoms with Crippen LogP contribution in [-0.4, -0.2) is 26.6 Å². The van der Waals surface area contributed by atoms with Gasteiger partial charge >= 0.3 is 7.69 Å². The summed E-state index contributed by atoms with van der Waals surface area (Å²) in [5, 5.41) is 8.99. The first-order chi connectivity index (χ1) is 6.77. The molecule has 1 aromatic carbocycles. The van der Waals surface area contributed by atoms with Crippen molar-refractivity contribution in [1.82, 2.24) is 0 Å². The van der Waals surface area contributed by atoms with Crippen LogP contribution < -0.4 is 9.39 Å². The summed E-state index contributed by atoms with van der Waals surface area (Å²) in [5.41, 5.74) is 0. The zero-order chi connectivity index (χ0) is 10.4. The number of halogens is 1. The Balaban J connectivity index is 2.79. The Morgan fingerprint density at radius 2 is 2.21 bits per heavy atom. The first-order valence-corrected chi connectivity index (χ1v) is 4.19. The Bertz CT molecular complexity index is 295. The maximum atomic E-state index is 8.47. The van der Waals surface area contributed by atoms with E-state index in [1.165, 1.54) is 7.11 Å². The van der Waals surface area contributed by atoms with Gasteiger partial charge in [0.2, 0.25) is 0 Å².